The van der Waals surface area contributed by atoms with Crippen LogP contribution in [0.15, 0.2) is 41.4 Å². The van der Waals surface area contributed by atoms with Crippen molar-refractivity contribution < 1.29 is 17.9 Å². The van der Waals surface area contributed by atoms with Crippen molar-refractivity contribution in [3.8, 4) is 5.75 Å². The molecule has 1 saturated carbocycles. The van der Waals surface area contributed by atoms with Crippen molar-refractivity contribution in [2.45, 2.75) is 43.8 Å². The Morgan fingerprint density at radius 3 is 2.36 bits per heavy atom. The molecule has 5 nitrogen and oxygen atoms in total. The fraction of sp³-hybridized carbons (Fsp3) is 0.458. The molecule has 2 aromatic carbocycles. The summed E-state index contributed by atoms with van der Waals surface area (Å²) in [4.78, 5) is 6.59. The van der Waals surface area contributed by atoms with Crippen molar-refractivity contribution in [3.05, 3.63) is 65.0 Å². The maximum atomic E-state index is 14.0. The number of nitrogens with one attached hydrogen (secondary N) is 2. The third kappa shape index (κ3) is 6.32. The van der Waals surface area contributed by atoms with E-state index >= 15 is 0 Å². The van der Waals surface area contributed by atoms with Crippen molar-refractivity contribution in [3.63, 3.8) is 0 Å². The number of hydrogen-bond acceptors (Lipinski definition) is 3. The van der Waals surface area contributed by atoms with Crippen molar-refractivity contribution in [1.82, 2.24) is 15.5 Å². The summed E-state index contributed by atoms with van der Waals surface area (Å²) in [5.41, 5.74) is 1.08. The van der Waals surface area contributed by atoms with Gasteiger partial charge in [-0.25, -0.2) is 13.2 Å². The van der Waals surface area contributed by atoms with Gasteiger partial charge in [-0.3, -0.25) is 9.89 Å². The van der Waals surface area contributed by atoms with Crippen LogP contribution in [0, 0.1) is 17.5 Å². The zero-order chi connectivity index (χ0) is 22.7. The Morgan fingerprint density at radius 2 is 1.76 bits per heavy atom. The Balaban J connectivity index is 0.00000306. The molecule has 1 aliphatic heterocycles. The van der Waals surface area contributed by atoms with E-state index in [1.54, 1.807) is 13.1 Å². The minimum absolute atomic E-state index is 0. The molecule has 2 fully saturated rings. The number of rotatable bonds is 6. The predicted octanol–water partition coefficient (Wildman–Crippen LogP) is 4.42. The first-order chi connectivity index (χ1) is 15.5. The molecule has 1 heterocycles. The predicted molar refractivity (Wildman–Crippen MR) is 134 cm³/mol. The number of ether oxygens (including phenoxy) is 1. The number of piperidine rings is 1. The monoisotopic (exact) mass is 574 g/mol. The third-order valence-electron chi connectivity index (χ3n) is 6.26. The molecule has 1 aliphatic carbocycles. The molecular formula is C24H30F3IN4O. The summed E-state index contributed by atoms with van der Waals surface area (Å²) in [6.45, 7) is 2.46. The lowest BCUT2D eigenvalue weighted by atomic mass is 10.0. The molecule has 33 heavy (non-hydrogen) atoms. The van der Waals surface area contributed by atoms with Crippen LogP contribution in [0.3, 0.4) is 0 Å². The van der Waals surface area contributed by atoms with Crippen molar-refractivity contribution >= 4 is 29.9 Å². The normalized spacial score (nSPS) is 21.3. The molecular weight excluding hydrogens is 544 g/mol. The summed E-state index contributed by atoms with van der Waals surface area (Å²) < 4.78 is 46.9. The maximum absolute atomic E-state index is 14.0. The van der Waals surface area contributed by atoms with E-state index < -0.39 is 11.6 Å². The quantitative estimate of drug-likeness (QED) is 0.305. The van der Waals surface area contributed by atoms with Crippen LogP contribution >= 0.6 is 24.0 Å². The van der Waals surface area contributed by atoms with Crippen LogP contribution in [0.25, 0.3) is 0 Å². The molecule has 0 bridgehead atoms. The standard InChI is InChI=1S/C24H29F3N4O.HI/c1-28-24(30-21-13-17(21)23-18(25)4-3-5-19(23)26)29-16-8-10-31(11-9-16)14-15-6-7-22(32-2)20(27)12-15;/h3-7,12,16-17,21H,8-11,13-14H2,1-2H3,(H2,28,29,30);1H. The van der Waals surface area contributed by atoms with Crippen LogP contribution in [0.1, 0.15) is 36.3 Å². The largest absolute Gasteiger partial charge is 0.494 e. The smallest absolute Gasteiger partial charge is 0.191 e. The Morgan fingerprint density at radius 1 is 1.06 bits per heavy atom. The van der Waals surface area contributed by atoms with E-state index in [-0.39, 0.29) is 59.1 Å². The molecule has 0 spiro atoms. The zero-order valence-electron chi connectivity index (χ0n) is 18.8. The molecule has 2 aliphatic rings. The van der Waals surface area contributed by atoms with Gasteiger partial charge in [-0.15, -0.1) is 24.0 Å². The second kappa shape index (κ2) is 11.4. The second-order valence-electron chi connectivity index (χ2n) is 8.46. The molecule has 2 aromatic rings. The number of methoxy groups -OCH3 is 1. The second-order valence-corrected chi connectivity index (χ2v) is 8.46. The SMILES string of the molecule is CN=C(NC1CCN(Cc2ccc(OC)c(F)c2)CC1)NC1CC1c1c(F)cccc1F.I. The average molecular weight is 574 g/mol. The van der Waals surface area contributed by atoms with Crippen LogP contribution in [-0.4, -0.2) is 50.2 Å². The Bertz CT molecular complexity index is 962. The van der Waals surface area contributed by atoms with Gasteiger partial charge in [-0.2, -0.15) is 0 Å². The minimum Gasteiger partial charge on any atom is -0.494 e. The summed E-state index contributed by atoms with van der Waals surface area (Å²) in [5.74, 6) is -0.597. The summed E-state index contributed by atoms with van der Waals surface area (Å²) >= 11 is 0. The summed E-state index contributed by atoms with van der Waals surface area (Å²) in [6.07, 6.45) is 2.53. The molecule has 2 unspecified atom stereocenters. The van der Waals surface area contributed by atoms with Gasteiger partial charge in [-0.05, 0) is 49.1 Å². The van der Waals surface area contributed by atoms with Gasteiger partial charge in [0.1, 0.15) is 11.6 Å². The molecule has 4 rings (SSSR count). The molecule has 0 amide bonds. The molecule has 180 valence electrons. The lowest BCUT2D eigenvalue weighted by Gasteiger charge is -2.33. The van der Waals surface area contributed by atoms with Crippen molar-refractivity contribution in [2.24, 2.45) is 4.99 Å². The number of hydrogen-bond donors (Lipinski definition) is 2. The molecule has 2 atom stereocenters. The van der Waals surface area contributed by atoms with E-state index in [1.165, 1.54) is 31.4 Å². The first kappa shape index (κ1) is 25.6. The van der Waals surface area contributed by atoms with Crippen molar-refractivity contribution in [1.29, 1.82) is 0 Å². The minimum atomic E-state index is -0.494. The van der Waals surface area contributed by atoms with E-state index in [2.05, 4.69) is 20.5 Å². The highest BCUT2D eigenvalue weighted by molar-refractivity contribution is 14.0. The number of guanidine groups is 1. The lowest BCUT2D eigenvalue weighted by molar-refractivity contribution is 0.198. The molecule has 0 radical (unpaired) electrons. The topological polar surface area (TPSA) is 48.9 Å². The molecule has 9 heteroatoms. The molecule has 2 N–H and O–H groups in total. The highest BCUT2D eigenvalue weighted by Gasteiger charge is 2.42. The van der Waals surface area contributed by atoms with Gasteiger partial charge in [0.15, 0.2) is 17.5 Å². The summed E-state index contributed by atoms with van der Waals surface area (Å²) in [6, 6.07) is 9.29. The van der Waals surface area contributed by atoms with Gasteiger partial charge in [0.05, 0.1) is 7.11 Å². The Labute approximate surface area is 209 Å². The van der Waals surface area contributed by atoms with Crippen LogP contribution in [0.2, 0.25) is 0 Å². The number of benzene rings is 2. The number of nitrogens with zero attached hydrogens (tertiary/aromatic N) is 2. The molecule has 1 saturated heterocycles. The van der Waals surface area contributed by atoms with E-state index in [9.17, 15) is 13.2 Å². The van der Waals surface area contributed by atoms with Crippen LogP contribution in [0.5, 0.6) is 5.75 Å². The van der Waals surface area contributed by atoms with E-state index in [4.69, 9.17) is 4.74 Å². The van der Waals surface area contributed by atoms with Crippen LogP contribution in [-0.2, 0) is 6.54 Å². The number of halogens is 4. The highest BCUT2D eigenvalue weighted by Crippen LogP contribution is 2.43. The lowest BCUT2D eigenvalue weighted by Crippen LogP contribution is -2.49. The average Bonchev–Trinajstić information content (AvgIpc) is 3.53. The molecule has 0 aromatic heterocycles. The summed E-state index contributed by atoms with van der Waals surface area (Å²) in [7, 11) is 3.16. The Kier molecular flexibility index (Phi) is 8.86. The number of likely N-dealkylation sites (tertiary alicyclic amines) is 1. The van der Waals surface area contributed by atoms with Gasteiger partial charge in [0.2, 0.25) is 0 Å². The van der Waals surface area contributed by atoms with Crippen LogP contribution < -0.4 is 15.4 Å². The fourth-order valence-corrected chi connectivity index (χ4v) is 4.38. The maximum Gasteiger partial charge on any atom is 0.191 e. The van der Waals surface area contributed by atoms with Gasteiger partial charge in [0, 0.05) is 50.2 Å². The van der Waals surface area contributed by atoms with Gasteiger partial charge < -0.3 is 15.4 Å². The zero-order valence-corrected chi connectivity index (χ0v) is 21.1. The fourth-order valence-electron chi connectivity index (χ4n) is 4.38. The number of aliphatic imine (C=N–C) groups is 1. The Hall–Kier alpha value is -2.01. The van der Waals surface area contributed by atoms with Gasteiger partial charge >= 0.3 is 0 Å². The van der Waals surface area contributed by atoms with Crippen LogP contribution in [0.4, 0.5) is 13.2 Å². The van der Waals surface area contributed by atoms with E-state index in [0.29, 0.717) is 18.9 Å². The van der Waals surface area contributed by atoms with E-state index in [1.807, 2.05) is 6.07 Å². The van der Waals surface area contributed by atoms with Gasteiger partial charge in [-0.1, -0.05) is 12.1 Å². The highest BCUT2D eigenvalue weighted by atomic mass is 127. The van der Waals surface area contributed by atoms with E-state index in [0.717, 1.165) is 31.5 Å². The van der Waals surface area contributed by atoms with Crippen molar-refractivity contribution in [2.75, 3.05) is 27.2 Å². The third-order valence-corrected chi connectivity index (χ3v) is 6.26. The van der Waals surface area contributed by atoms with Gasteiger partial charge in [0.25, 0.3) is 0 Å². The first-order valence-corrected chi connectivity index (χ1v) is 11.0. The first-order valence-electron chi connectivity index (χ1n) is 11.0. The summed E-state index contributed by atoms with van der Waals surface area (Å²) in [5, 5.41) is 6.73.